The van der Waals surface area contributed by atoms with Crippen molar-refractivity contribution in [3.63, 3.8) is 0 Å². The summed E-state index contributed by atoms with van der Waals surface area (Å²) in [5.74, 6) is -0.365. The number of carbonyl (C=O) groups excluding carboxylic acids is 3. The summed E-state index contributed by atoms with van der Waals surface area (Å²) in [5.41, 5.74) is 1.96. The molecule has 7 nitrogen and oxygen atoms in total. The van der Waals surface area contributed by atoms with E-state index < -0.39 is 6.04 Å². The number of benzene rings is 3. The first-order chi connectivity index (χ1) is 16.0. The highest BCUT2D eigenvalue weighted by Crippen LogP contribution is 2.15. The van der Waals surface area contributed by atoms with Gasteiger partial charge >= 0.3 is 0 Å². The molecule has 3 aromatic rings. The van der Waals surface area contributed by atoms with E-state index >= 15 is 0 Å². The van der Waals surface area contributed by atoms with Crippen LogP contribution >= 0.6 is 0 Å². The smallest absolute Gasteiger partial charge is 0.251 e. The maximum atomic E-state index is 13.2. The Kier molecular flexibility index (Phi) is 8.18. The molecule has 0 aromatic heterocycles. The number of hydrogen-bond donors (Lipinski definition) is 2. The van der Waals surface area contributed by atoms with Crippen molar-refractivity contribution < 1.29 is 19.1 Å². The molecular formula is C26H27N3O4. The molecule has 170 valence electrons. The third-order valence-electron chi connectivity index (χ3n) is 5.05. The molecule has 33 heavy (non-hydrogen) atoms. The average Bonchev–Trinajstić information content (AvgIpc) is 2.84. The highest BCUT2D eigenvalue weighted by molar-refractivity contribution is 5.99. The molecule has 2 N–H and O–H groups in total. The number of likely N-dealkylation sites (N-methyl/N-ethyl adjacent to an activating group) is 1. The van der Waals surface area contributed by atoms with Gasteiger partial charge in [-0.25, -0.2) is 0 Å². The fourth-order valence-electron chi connectivity index (χ4n) is 3.32. The van der Waals surface area contributed by atoms with Crippen LogP contribution in [0.25, 0.3) is 0 Å². The van der Waals surface area contributed by atoms with Crippen LogP contribution in [0.5, 0.6) is 5.75 Å². The predicted molar refractivity (Wildman–Crippen MR) is 127 cm³/mol. The van der Waals surface area contributed by atoms with Gasteiger partial charge in [0.15, 0.2) is 0 Å². The molecule has 0 saturated heterocycles. The van der Waals surface area contributed by atoms with Crippen molar-refractivity contribution in [1.29, 1.82) is 0 Å². The van der Waals surface area contributed by atoms with Gasteiger partial charge in [0.05, 0.1) is 13.7 Å². The largest absolute Gasteiger partial charge is 0.497 e. The zero-order chi connectivity index (χ0) is 23.6. The molecule has 3 rings (SSSR count). The van der Waals surface area contributed by atoms with Gasteiger partial charge in [0, 0.05) is 24.7 Å². The molecule has 1 atom stereocenters. The highest BCUT2D eigenvalue weighted by Gasteiger charge is 2.26. The first-order valence-electron chi connectivity index (χ1n) is 10.5. The molecule has 0 unspecified atom stereocenters. The summed E-state index contributed by atoms with van der Waals surface area (Å²) in [5, 5.41) is 5.58. The Labute approximate surface area is 193 Å². The maximum absolute atomic E-state index is 13.2. The van der Waals surface area contributed by atoms with Crippen molar-refractivity contribution >= 4 is 23.4 Å². The molecule has 7 heteroatoms. The van der Waals surface area contributed by atoms with Crippen molar-refractivity contribution in [2.45, 2.75) is 12.5 Å². The Balaban J connectivity index is 1.67. The second kappa shape index (κ2) is 11.5. The minimum atomic E-state index is -0.820. The summed E-state index contributed by atoms with van der Waals surface area (Å²) in [6.07, 6.45) is 0.308. The number of rotatable bonds is 9. The lowest BCUT2D eigenvalue weighted by atomic mass is 10.0. The lowest BCUT2D eigenvalue weighted by molar-refractivity contribution is -0.135. The number of nitrogens with one attached hydrogen (secondary N) is 2. The second-order valence-corrected chi connectivity index (χ2v) is 7.55. The molecule has 0 heterocycles. The zero-order valence-electron chi connectivity index (χ0n) is 18.7. The molecule has 0 aliphatic rings. The number of hydrogen-bond acceptors (Lipinski definition) is 4. The minimum absolute atomic E-state index is 0.155. The summed E-state index contributed by atoms with van der Waals surface area (Å²) in [6, 6.07) is 24.2. The average molecular weight is 446 g/mol. The van der Waals surface area contributed by atoms with Crippen molar-refractivity contribution in [2.75, 3.05) is 26.0 Å². The van der Waals surface area contributed by atoms with Gasteiger partial charge in [0.25, 0.3) is 5.91 Å². The summed E-state index contributed by atoms with van der Waals surface area (Å²) >= 11 is 0. The molecule has 0 bridgehead atoms. The van der Waals surface area contributed by atoms with Gasteiger partial charge in [-0.1, -0.05) is 48.5 Å². The van der Waals surface area contributed by atoms with E-state index in [2.05, 4.69) is 10.6 Å². The van der Waals surface area contributed by atoms with E-state index in [0.29, 0.717) is 23.4 Å². The lowest BCUT2D eigenvalue weighted by Crippen LogP contribution is -2.50. The highest BCUT2D eigenvalue weighted by atomic mass is 16.5. The van der Waals surface area contributed by atoms with Crippen LogP contribution in [0, 0.1) is 0 Å². The van der Waals surface area contributed by atoms with Crippen LogP contribution in [0.3, 0.4) is 0 Å². The van der Waals surface area contributed by atoms with Gasteiger partial charge in [0.1, 0.15) is 11.8 Å². The molecule has 3 aromatic carbocycles. The number of ether oxygens (including phenoxy) is 1. The van der Waals surface area contributed by atoms with Gasteiger partial charge in [-0.3, -0.25) is 14.4 Å². The van der Waals surface area contributed by atoms with E-state index in [1.165, 1.54) is 4.90 Å². The number of carbonyl (C=O) groups is 3. The fourth-order valence-corrected chi connectivity index (χ4v) is 3.32. The van der Waals surface area contributed by atoms with Crippen LogP contribution in [-0.2, 0) is 16.0 Å². The van der Waals surface area contributed by atoms with E-state index in [4.69, 9.17) is 4.74 Å². The maximum Gasteiger partial charge on any atom is 0.251 e. The topological polar surface area (TPSA) is 87.7 Å². The quantitative estimate of drug-likeness (QED) is 0.530. The molecule has 0 aliphatic carbocycles. The summed E-state index contributed by atoms with van der Waals surface area (Å²) < 4.78 is 5.11. The van der Waals surface area contributed by atoms with Gasteiger partial charge in [-0.15, -0.1) is 0 Å². The molecule has 0 aliphatic heterocycles. The predicted octanol–water partition coefficient (Wildman–Crippen LogP) is 3.13. The normalized spacial score (nSPS) is 11.2. The third-order valence-corrected chi connectivity index (χ3v) is 5.05. The van der Waals surface area contributed by atoms with E-state index in [0.717, 1.165) is 5.56 Å². The summed E-state index contributed by atoms with van der Waals surface area (Å²) in [7, 11) is 3.11. The van der Waals surface area contributed by atoms with Crippen LogP contribution in [-0.4, -0.2) is 49.4 Å². The Morgan fingerprint density at radius 1 is 0.879 bits per heavy atom. The standard InChI is InChI=1S/C26H27N3O4/c1-29(18-24(30)27-21-13-15-22(33-2)16-14-21)26(32)23(17-19-9-5-3-6-10-19)28-25(31)20-11-7-4-8-12-20/h3-16,23H,17-18H2,1-2H3,(H,27,30)(H,28,31)/t23-/m0/s1. The summed E-state index contributed by atoms with van der Waals surface area (Å²) in [4.78, 5) is 39.7. The van der Waals surface area contributed by atoms with Crippen molar-refractivity contribution in [2.24, 2.45) is 0 Å². The van der Waals surface area contributed by atoms with Crippen molar-refractivity contribution in [3.05, 3.63) is 96.1 Å². The lowest BCUT2D eigenvalue weighted by Gasteiger charge is -2.24. The number of amides is 3. The van der Waals surface area contributed by atoms with E-state index in [9.17, 15) is 14.4 Å². The second-order valence-electron chi connectivity index (χ2n) is 7.55. The van der Waals surface area contributed by atoms with Crippen molar-refractivity contribution in [1.82, 2.24) is 10.2 Å². The minimum Gasteiger partial charge on any atom is -0.497 e. The summed E-state index contributed by atoms with van der Waals surface area (Å²) in [6.45, 7) is -0.155. The van der Waals surface area contributed by atoms with Gasteiger partial charge in [0.2, 0.25) is 11.8 Å². The van der Waals surface area contributed by atoms with Crippen LogP contribution in [0.15, 0.2) is 84.9 Å². The molecule has 0 spiro atoms. The number of nitrogens with zero attached hydrogens (tertiary/aromatic N) is 1. The fraction of sp³-hybridized carbons (Fsp3) is 0.192. The van der Waals surface area contributed by atoms with Gasteiger partial charge in [-0.2, -0.15) is 0 Å². The van der Waals surface area contributed by atoms with Crippen LogP contribution in [0.4, 0.5) is 5.69 Å². The molecule has 0 fully saturated rings. The Morgan fingerprint density at radius 2 is 1.48 bits per heavy atom. The Morgan fingerprint density at radius 3 is 2.09 bits per heavy atom. The van der Waals surface area contributed by atoms with Crippen molar-refractivity contribution in [3.8, 4) is 5.75 Å². The molecule has 0 radical (unpaired) electrons. The van der Waals surface area contributed by atoms with E-state index in [1.807, 2.05) is 36.4 Å². The van der Waals surface area contributed by atoms with Gasteiger partial charge < -0.3 is 20.3 Å². The number of anilines is 1. The Bertz CT molecular complexity index is 1070. The van der Waals surface area contributed by atoms with E-state index in [-0.39, 0.29) is 24.3 Å². The third kappa shape index (κ3) is 6.93. The van der Waals surface area contributed by atoms with E-state index in [1.54, 1.807) is 62.7 Å². The van der Waals surface area contributed by atoms with Crippen LogP contribution < -0.4 is 15.4 Å². The number of methoxy groups -OCH3 is 1. The van der Waals surface area contributed by atoms with Crippen LogP contribution in [0.2, 0.25) is 0 Å². The zero-order valence-corrected chi connectivity index (χ0v) is 18.7. The van der Waals surface area contributed by atoms with Gasteiger partial charge in [-0.05, 0) is 42.0 Å². The monoisotopic (exact) mass is 445 g/mol. The SMILES string of the molecule is COc1ccc(NC(=O)CN(C)C(=O)[C@H](Cc2ccccc2)NC(=O)c2ccccc2)cc1. The Hall–Kier alpha value is -4.13. The first kappa shape index (κ1) is 23.5. The molecular weight excluding hydrogens is 418 g/mol. The molecule has 0 saturated carbocycles. The molecule has 3 amide bonds. The first-order valence-corrected chi connectivity index (χ1v) is 10.5. The van der Waals surface area contributed by atoms with Crippen LogP contribution in [0.1, 0.15) is 15.9 Å².